The largest absolute Gasteiger partial charge is 0.298 e. The molecule has 0 aliphatic carbocycles. The molecule has 0 aliphatic heterocycles. The molecule has 26 heavy (non-hydrogen) atoms. The molecule has 0 atom stereocenters. The maximum absolute atomic E-state index is 10.0. The van der Waals surface area contributed by atoms with Crippen LogP contribution in [0.4, 0.5) is 0 Å². The van der Waals surface area contributed by atoms with Crippen molar-refractivity contribution >= 4 is 24.5 Å². The molecule has 0 aromatic heterocycles. The van der Waals surface area contributed by atoms with Gasteiger partial charge in [-0.05, 0) is 16.7 Å². The maximum atomic E-state index is 10.0. The van der Waals surface area contributed by atoms with Crippen LogP contribution in [0, 0.1) is 0 Å². The van der Waals surface area contributed by atoms with Gasteiger partial charge in [0.05, 0.1) is 0 Å². The Balaban J connectivity index is 0.000000197. The van der Waals surface area contributed by atoms with Gasteiger partial charge in [-0.25, -0.2) is 0 Å². The van der Waals surface area contributed by atoms with E-state index >= 15 is 0 Å². The summed E-state index contributed by atoms with van der Waals surface area (Å²) >= 11 is 0. The highest BCUT2D eigenvalue weighted by molar-refractivity contribution is 5.74. The van der Waals surface area contributed by atoms with E-state index in [4.69, 9.17) is 0 Å². The first kappa shape index (κ1) is 20.6. The lowest BCUT2D eigenvalue weighted by Gasteiger charge is -1.92. The molecule has 0 amide bonds. The van der Waals surface area contributed by atoms with Crippen molar-refractivity contribution < 1.29 is 4.79 Å². The number of hydrogen-bond acceptors (Lipinski definition) is 1. The summed E-state index contributed by atoms with van der Waals surface area (Å²) in [6.45, 7) is 11.0. The Labute approximate surface area is 156 Å². The van der Waals surface area contributed by atoms with Crippen LogP contribution >= 0.6 is 0 Å². The van der Waals surface area contributed by atoms with Crippen LogP contribution in [0.25, 0.3) is 18.2 Å². The van der Waals surface area contributed by atoms with Crippen LogP contribution in [0.3, 0.4) is 0 Å². The second-order valence-corrected chi connectivity index (χ2v) is 5.22. The highest BCUT2D eigenvalue weighted by Gasteiger charge is 1.84. The fraction of sp³-hybridized carbons (Fsp3) is 0. The molecule has 0 unspecified atom stereocenters. The zero-order valence-electron chi connectivity index (χ0n) is 14.9. The molecule has 1 heteroatoms. The quantitative estimate of drug-likeness (QED) is 0.477. The van der Waals surface area contributed by atoms with Gasteiger partial charge in [0, 0.05) is 5.56 Å². The topological polar surface area (TPSA) is 17.1 Å². The summed E-state index contributed by atoms with van der Waals surface area (Å²) in [6, 6.07) is 27.2. The van der Waals surface area contributed by atoms with Gasteiger partial charge in [-0.1, -0.05) is 123 Å². The third-order valence-electron chi connectivity index (χ3n) is 3.38. The second kappa shape index (κ2) is 12.9. The molecule has 3 rings (SSSR count). The van der Waals surface area contributed by atoms with Crippen molar-refractivity contribution in [2.75, 3.05) is 0 Å². The number of rotatable bonds is 4. The van der Waals surface area contributed by atoms with E-state index in [1.54, 1.807) is 12.1 Å². The normalized spacial score (nSPS) is 8.62. The van der Waals surface area contributed by atoms with E-state index in [0.717, 1.165) is 23.0 Å². The molecule has 0 saturated carbocycles. The first-order valence-electron chi connectivity index (χ1n) is 8.26. The fourth-order valence-corrected chi connectivity index (χ4v) is 1.89. The maximum Gasteiger partial charge on any atom is 0.150 e. The van der Waals surface area contributed by atoms with Crippen LogP contribution in [0.1, 0.15) is 27.0 Å². The summed E-state index contributed by atoms with van der Waals surface area (Å²) in [4.78, 5) is 10.0. The SMILES string of the molecule is C=Cc1ccc(C=C)cc1.C=Cc1ccccc1.O=Cc1ccccc1. The first-order valence-corrected chi connectivity index (χ1v) is 8.26. The van der Waals surface area contributed by atoms with Crippen LogP contribution < -0.4 is 0 Å². The van der Waals surface area contributed by atoms with Crippen LogP contribution in [0.2, 0.25) is 0 Å². The molecule has 0 heterocycles. The van der Waals surface area contributed by atoms with Crippen molar-refractivity contribution in [2.24, 2.45) is 0 Å². The predicted molar refractivity (Wildman–Crippen MR) is 115 cm³/mol. The summed E-state index contributed by atoms with van der Waals surface area (Å²) in [5, 5.41) is 0. The van der Waals surface area contributed by atoms with Crippen molar-refractivity contribution in [3.8, 4) is 0 Å². The molecule has 130 valence electrons. The van der Waals surface area contributed by atoms with Gasteiger partial charge in [-0.15, -0.1) is 0 Å². The van der Waals surface area contributed by atoms with Gasteiger partial charge in [0.1, 0.15) is 6.29 Å². The summed E-state index contributed by atoms with van der Waals surface area (Å²) < 4.78 is 0. The van der Waals surface area contributed by atoms with Crippen LogP contribution in [-0.2, 0) is 0 Å². The highest BCUT2D eigenvalue weighted by atomic mass is 16.1. The van der Waals surface area contributed by atoms with Gasteiger partial charge in [-0.2, -0.15) is 0 Å². The van der Waals surface area contributed by atoms with Gasteiger partial charge in [-0.3, -0.25) is 4.79 Å². The van der Waals surface area contributed by atoms with Gasteiger partial charge >= 0.3 is 0 Å². The van der Waals surface area contributed by atoms with Crippen LogP contribution in [-0.4, -0.2) is 6.29 Å². The molecular weight excluding hydrogens is 316 g/mol. The first-order chi connectivity index (χ1) is 12.7. The third-order valence-corrected chi connectivity index (χ3v) is 3.38. The van der Waals surface area contributed by atoms with E-state index in [9.17, 15) is 4.79 Å². The zero-order chi connectivity index (χ0) is 19.0. The van der Waals surface area contributed by atoms with Gasteiger partial charge in [0.15, 0.2) is 0 Å². The molecule has 0 aliphatic rings. The van der Waals surface area contributed by atoms with E-state index in [1.807, 2.05) is 91.0 Å². The van der Waals surface area contributed by atoms with Crippen LogP contribution in [0.5, 0.6) is 0 Å². The van der Waals surface area contributed by atoms with E-state index in [1.165, 1.54) is 5.56 Å². The second-order valence-electron chi connectivity index (χ2n) is 5.22. The van der Waals surface area contributed by atoms with Crippen molar-refractivity contribution in [2.45, 2.75) is 0 Å². The zero-order valence-corrected chi connectivity index (χ0v) is 14.9. The lowest BCUT2D eigenvalue weighted by atomic mass is 10.1. The Kier molecular flexibility index (Phi) is 10.2. The van der Waals surface area contributed by atoms with E-state index in [-0.39, 0.29) is 0 Å². The Bertz CT molecular complexity index is 714. The fourth-order valence-electron chi connectivity index (χ4n) is 1.89. The summed E-state index contributed by atoms with van der Waals surface area (Å²) in [5.41, 5.74) is 4.19. The third kappa shape index (κ3) is 8.42. The average molecular weight is 340 g/mol. The molecule has 0 bridgehead atoms. The van der Waals surface area contributed by atoms with Crippen molar-refractivity contribution in [3.05, 3.63) is 127 Å². The van der Waals surface area contributed by atoms with E-state index < -0.39 is 0 Å². The molecule has 3 aromatic carbocycles. The number of benzene rings is 3. The number of carbonyl (C=O) groups is 1. The molecule has 0 N–H and O–H groups in total. The van der Waals surface area contributed by atoms with Crippen molar-refractivity contribution in [1.29, 1.82) is 0 Å². The van der Waals surface area contributed by atoms with Crippen molar-refractivity contribution in [3.63, 3.8) is 0 Å². The number of aldehydes is 1. The molecular formula is C25H24O. The van der Waals surface area contributed by atoms with E-state index in [0.29, 0.717) is 0 Å². The molecule has 0 saturated heterocycles. The monoisotopic (exact) mass is 340 g/mol. The van der Waals surface area contributed by atoms with Gasteiger partial charge in [0.2, 0.25) is 0 Å². The standard InChI is InChI=1S/C10H10.C8H8.C7H6O/c1-3-9-5-7-10(4-2)8-6-9;1-2-8-6-4-3-5-7-8;8-6-7-4-2-1-3-5-7/h3-8H,1-2H2;2-7H,1H2;1-6H. The molecule has 0 spiro atoms. The molecule has 1 nitrogen and oxygen atoms in total. The summed E-state index contributed by atoms with van der Waals surface area (Å²) in [5.74, 6) is 0. The Morgan fingerprint density at radius 2 is 0.769 bits per heavy atom. The smallest absolute Gasteiger partial charge is 0.150 e. The Morgan fingerprint density at radius 3 is 1.00 bits per heavy atom. The Hall–Kier alpha value is -3.45. The van der Waals surface area contributed by atoms with Crippen LogP contribution in [0.15, 0.2) is 105 Å². The number of carbonyl (C=O) groups excluding carboxylic acids is 1. The minimum atomic E-state index is 0.729. The molecule has 3 aromatic rings. The summed E-state index contributed by atoms with van der Waals surface area (Å²) in [6.07, 6.45) is 6.32. The molecule has 0 radical (unpaired) electrons. The lowest BCUT2D eigenvalue weighted by molar-refractivity contribution is 0.112. The lowest BCUT2D eigenvalue weighted by Crippen LogP contribution is -1.73. The minimum absolute atomic E-state index is 0.729. The van der Waals surface area contributed by atoms with Gasteiger partial charge < -0.3 is 0 Å². The highest BCUT2D eigenvalue weighted by Crippen LogP contribution is 2.05. The number of hydrogen-bond donors (Lipinski definition) is 0. The molecule has 0 fully saturated rings. The van der Waals surface area contributed by atoms with Gasteiger partial charge in [0.25, 0.3) is 0 Å². The van der Waals surface area contributed by atoms with E-state index in [2.05, 4.69) is 19.7 Å². The average Bonchev–Trinajstić information content (AvgIpc) is 2.76. The Morgan fingerprint density at radius 1 is 0.462 bits per heavy atom. The summed E-state index contributed by atoms with van der Waals surface area (Å²) in [7, 11) is 0. The van der Waals surface area contributed by atoms with Crippen molar-refractivity contribution in [1.82, 2.24) is 0 Å². The predicted octanol–water partition coefficient (Wildman–Crippen LogP) is 6.80. The minimum Gasteiger partial charge on any atom is -0.298 e.